The molecule has 5 aromatic rings. The molecule has 9 heteroatoms. The third-order valence-electron chi connectivity index (χ3n) is 9.44. The number of nitrogens with zero attached hydrogens (tertiary/aromatic N) is 2. The molecule has 0 unspecified atom stereocenters. The van der Waals surface area contributed by atoms with Crippen LogP contribution in [0.4, 0.5) is 16.2 Å². The predicted molar refractivity (Wildman–Crippen MR) is 206 cm³/mol. The first kappa shape index (κ1) is 35.2. The van der Waals surface area contributed by atoms with Gasteiger partial charge in [0.05, 0.1) is 6.26 Å². The first-order valence-corrected chi connectivity index (χ1v) is 19.6. The maximum Gasteiger partial charge on any atom is 0.321 e. The van der Waals surface area contributed by atoms with Crippen molar-refractivity contribution in [2.24, 2.45) is 0 Å². The van der Waals surface area contributed by atoms with E-state index in [4.69, 9.17) is 0 Å². The highest BCUT2D eigenvalue weighted by Crippen LogP contribution is 2.34. The first-order chi connectivity index (χ1) is 24.1. The molecule has 3 N–H and O–H groups in total. The first-order valence-electron chi connectivity index (χ1n) is 17.7. The van der Waals surface area contributed by atoms with Crippen molar-refractivity contribution >= 4 is 38.3 Å². The van der Waals surface area contributed by atoms with Crippen LogP contribution in [0.15, 0.2) is 91.0 Å². The predicted octanol–water partition coefficient (Wildman–Crippen LogP) is 8.52. The standard InChI is InChI=1S/C41H49N5O3S/c1-30-25-31(2)27-34(26-30)40-37(38-28-36(18-19-39(38)43-40)42-41(47)46-22-9-10-23-46)20-24-45(29-33-12-5-4-6-13-33)21-8-7-11-32-14-16-35(17-15-32)44-50(3,48)49/h4-6,12-19,25-28,43-44H,7-11,20-24,29H2,1-3H3,(H,42,47). The molecule has 8 nitrogen and oxygen atoms in total. The number of carbonyl (C=O) groups is 1. The molecular weight excluding hydrogens is 643 g/mol. The van der Waals surface area contributed by atoms with E-state index in [1.54, 1.807) is 0 Å². The van der Waals surface area contributed by atoms with Crippen LogP contribution in [0.5, 0.6) is 0 Å². The Balaban J connectivity index is 1.21. The second kappa shape index (κ2) is 16.0. The Hall–Kier alpha value is -4.60. The van der Waals surface area contributed by atoms with E-state index in [1.165, 1.54) is 33.4 Å². The van der Waals surface area contributed by atoms with Gasteiger partial charge < -0.3 is 15.2 Å². The molecule has 0 aliphatic carbocycles. The van der Waals surface area contributed by atoms with Crippen LogP contribution < -0.4 is 10.0 Å². The summed E-state index contributed by atoms with van der Waals surface area (Å²) in [7, 11) is -3.29. The van der Waals surface area contributed by atoms with Crippen molar-refractivity contribution in [3.8, 4) is 11.3 Å². The van der Waals surface area contributed by atoms with Crippen molar-refractivity contribution < 1.29 is 13.2 Å². The summed E-state index contributed by atoms with van der Waals surface area (Å²) in [6.07, 6.45) is 7.15. The van der Waals surface area contributed by atoms with Crippen LogP contribution in [0.2, 0.25) is 0 Å². The quantitative estimate of drug-likeness (QED) is 0.102. The van der Waals surface area contributed by atoms with Crippen LogP contribution >= 0.6 is 0 Å². The summed E-state index contributed by atoms with van der Waals surface area (Å²) in [5.41, 5.74) is 11.0. The number of amides is 2. The number of urea groups is 1. The van der Waals surface area contributed by atoms with E-state index >= 15 is 0 Å². The minimum Gasteiger partial charge on any atom is -0.354 e. The van der Waals surface area contributed by atoms with E-state index in [0.717, 1.165) is 99.8 Å². The summed E-state index contributed by atoms with van der Waals surface area (Å²) in [4.78, 5) is 21.2. The summed E-state index contributed by atoms with van der Waals surface area (Å²) >= 11 is 0. The van der Waals surface area contributed by atoms with Gasteiger partial charge in [0.1, 0.15) is 0 Å². The molecule has 1 aliphatic rings. The van der Waals surface area contributed by atoms with Crippen molar-refractivity contribution in [1.29, 1.82) is 0 Å². The van der Waals surface area contributed by atoms with Gasteiger partial charge in [-0.1, -0.05) is 59.7 Å². The number of aromatic amines is 1. The molecule has 262 valence electrons. The number of nitrogens with one attached hydrogen (secondary N) is 3. The fourth-order valence-electron chi connectivity index (χ4n) is 7.07. The van der Waals surface area contributed by atoms with Crippen molar-refractivity contribution in [1.82, 2.24) is 14.8 Å². The Morgan fingerprint density at radius 3 is 2.20 bits per heavy atom. The molecule has 1 aliphatic heterocycles. The van der Waals surface area contributed by atoms with E-state index in [9.17, 15) is 13.2 Å². The molecule has 1 fully saturated rings. The number of hydrogen-bond donors (Lipinski definition) is 3. The fourth-order valence-corrected chi connectivity index (χ4v) is 7.64. The van der Waals surface area contributed by atoms with Crippen molar-refractivity contribution in [2.75, 3.05) is 42.5 Å². The Labute approximate surface area is 297 Å². The Bertz CT molecular complexity index is 2000. The minimum atomic E-state index is -3.29. The summed E-state index contributed by atoms with van der Waals surface area (Å²) < 4.78 is 25.7. The molecule has 2 amide bonds. The number of hydrogen-bond acceptors (Lipinski definition) is 4. The zero-order valence-electron chi connectivity index (χ0n) is 29.5. The third-order valence-corrected chi connectivity index (χ3v) is 10.0. The van der Waals surface area contributed by atoms with Crippen LogP contribution in [0, 0.1) is 13.8 Å². The summed E-state index contributed by atoms with van der Waals surface area (Å²) in [5, 5.41) is 4.31. The Morgan fingerprint density at radius 2 is 1.50 bits per heavy atom. The van der Waals surface area contributed by atoms with E-state index < -0.39 is 10.0 Å². The SMILES string of the molecule is Cc1cc(C)cc(-c2[nH]c3ccc(NC(=O)N4CCCC4)cc3c2CCN(CCCCc2ccc(NS(C)(=O)=O)cc2)Cc2ccccc2)c1. The number of anilines is 2. The number of aryl methyl sites for hydroxylation is 3. The monoisotopic (exact) mass is 691 g/mol. The van der Waals surface area contributed by atoms with Gasteiger partial charge in [-0.3, -0.25) is 9.62 Å². The van der Waals surface area contributed by atoms with Gasteiger partial charge in [-0.25, -0.2) is 13.2 Å². The fraction of sp³-hybridized carbons (Fsp3) is 0.341. The lowest BCUT2D eigenvalue weighted by molar-refractivity contribution is 0.222. The zero-order valence-corrected chi connectivity index (χ0v) is 30.3. The van der Waals surface area contributed by atoms with Crippen LogP contribution in [0.25, 0.3) is 22.2 Å². The summed E-state index contributed by atoms with van der Waals surface area (Å²) in [6.45, 7) is 8.63. The number of sulfonamides is 1. The molecule has 1 saturated heterocycles. The van der Waals surface area contributed by atoms with E-state index in [0.29, 0.717) is 5.69 Å². The minimum absolute atomic E-state index is 0.0241. The molecule has 0 atom stereocenters. The molecule has 0 bridgehead atoms. The highest BCUT2D eigenvalue weighted by atomic mass is 32.2. The van der Waals surface area contributed by atoms with Crippen LogP contribution in [-0.4, -0.2) is 61.7 Å². The number of carbonyl (C=O) groups excluding carboxylic acids is 1. The molecule has 0 radical (unpaired) electrons. The van der Waals surface area contributed by atoms with E-state index in [-0.39, 0.29) is 6.03 Å². The van der Waals surface area contributed by atoms with Gasteiger partial charge in [0, 0.05) is 54.2 Å². The number of benzene rings is 4. The average molecular weight is 692 g/mol. The number of likely N-dealkylation sites (tertiary alicyclic amines) is 1. The lowest BCUT2D eigenvalue weighted by atomic mass is 9.99. The van der Waals surface area contributed by atoms with Gasteiger partial charge in [-0.2, -0.15) is 0 Å². The Morgan fingerprint density at radius 1 is 0.800 bits per heavy atom. The highest BCUT2D eigenvalue weighted by molar-refractivity contribution is 7.92. The van der Waals surface area contributed by atoms with Gasteiger partial charge >= 0.3 is 6.03 Å². The molecule has 6 rings (SSSR count). The van der Waals surface area contributed by atoms with E-state index in [2.05, 4.69) is 94.4 Å². The summed E-state index contributed by atoms with van der Waals surface area (Å²) in [6, 6.07) is 31.2. The Kier molecular flexibility index (Phi) is 11.2. The van der Waals surface area contributed by atoms with Gasteiger partial charge in [0.2, 0.25) is 10.0 Å². The molecule has 2 heterocycles. The van der Waals surface area contributed by atoms with Gasteiger partial charge in [-0.15, -0.1) is 0 Å². The number of fused-ring (bicyclic) bond motifs is 1. The molecule has 1 aromatic heterocycles. The number of unbranched alkanes of at least 4 members (excludes halogenated alkanes) is 1. The lowest BCUT2D eigenvalue weighted by Gasteiger charge is -2.23. The number of rotatable bonds is 14. The normalized spacial score (nSPS) is 13.3. The van der Waals surface area contributed by atoms with Crippen LogP contribution in [-0.2, 0) is 29.4 Å². The topological polar surface area (TPSA) is 97.5 Å². The highest BCUT2D eigenvalue weighted by Gasteiger charge is 2.20. The van der Waals surface area contributed by atoms with Gasteiger partial charge in [-0.05, 0) is 124 Å². The zero-order chi connectivity index (χ0) is 35.1. The third kappa shape index (κ3) is 9.55. The van der Waals surface area contributed by atoms with Crippen molar-refractivity contribution in [3.05, 3.63) is 119 Å². The summed E-state index contributed by atoms with van der Waals surface area (Å²) in [5.74, 6) is 0. The number of H-pyrrole nitrogens is 1. The smallest absolute Gasteiger partial charge is 0.321 e. The van der Waals surface area contributed by atoms with Gasteiger partial charge in [0.25, 0.3) is 0 Å². The lowest BCUT2D eigenvalue weighted by Crippen LogP contribution is -2.32. The van der Waals surface area contributed by atoms with Crippen molar-refractivity contribution in [2.45, 2.75) is 58.9 Å². The molecule has 0 spiro atoms. The molecular formula is C41H49N5O3S. The second-order valence-corrected chi connectivity index (χ2v) is 15.5. The maximum absolute atomic E-state index is 13.0. The molecule has 50 heavy (non-hydrogen) atoms. The molecule has 4 aromatic carbocycles. The maximum atomic E-state index is 13.0. The van der Waals surface area contributed by atoms with E-state index in [1.807, 2.05) is 35.2 Å². The van der Waals surface area contributed by atoms with Crippen molar-refractivity contribution in [3.63, 3.8) is 0 Å². The average Bonchev–Trinajstić information content (AvgIpc) is 3.74. The molecule has 0 saturated carbocycles. The van der Waals surface area contributed by atoms with Crippen LogP contribution in [0.1, 0.15) is 53.5 Å². The van der Waals surface area contributed by atoms with Crippen LogP contribution in [0.3, 0.4) is 0 Å². The van der Waals surface area contributed by atoms with Gasteiger partial charge in [0.15, 0.2) is 0 Å². The largest absolute Gasteiger partial charge is 0.354 e. The number of aromatic nitrogens is 1. The second-order valence-electron chi connectivity index (χ2n) is 13.8.